The minimum absolute atomic E-state index is 0. The molecule has 0 aliphatic rings. The molecule has 0 aliphatic heterocycles. The molecule has 0 saturated heterocycles. The minimum atomic E-state index is 0. The Kier molecular flexibility index (Phi) is 5.38. The van der Waals surface area contributed by atoms with Crippen LogP contribution in [0.1, 0.15) is 20.8 Å². The van der Waals surface area contributed by atoms with E-state index in [1.54, 1.807) is 0 Å². The van der Waals surface area contributed by atoms with Crippen molar-refractivity contribution in [2.75, 3.05) is 0 Å². The fourth-order valence-corrected chi connectivity index (χ4v) is 0. The van der Waals surface area contributed by atoms with Crippen molar-refractivity contribution in [1.29, 1.82) is 0 Å². The van der Waals surface area contributed by atoms with Crippen molar-refractivity contribution in [3.63, 3.8) is 0 Å². The van der Waals surface area contributed by atoms with Crippen molar-refractivity contribution in [3.05, 3.63) is 0 Å². The Morgan fingerprint density at radius 2 is 1.17 bits per heavy atom. The molecule has 0 N–H and O–H groups in total. The van der Waals surface area contributed by atoms with Crippen LogP contribution in [0.5, 0.6) is 0 Å². The molecule has 0 aromatic carbocycles. The molecule has 0 aromatic heterocycles. The summed E-state index contributed by atoms with van der Waals surface area (Å²) >= 11 is 1.31. The molecule has 0 spiro atoms. The zero-order valence-electron chi connectivity index (χ0n) is 4.50. The van der Waals surface area contributed by atoms with Crippen LogP contribution in [0.2, 0.25) is 4.28 Å². The molecule has 0 aromatic rings. The van der Waals surface area contributed by atoms with E-state index in [-0.39, 0.29) is 18.9 Å². The van der Waals surface area contributed by atoms with Crippen LogP contribution in [-0.2, 0) is 0 Å². The van der Waals surface area contributed by atoms with E-state index in [9.17, 15) is 0 Å². The Labute approximate surface area is 60.3 Å². The molecular formula is C4H12AlLi. The second-order valence-corrected chi connectivity index (χ2v) is 6.00. The van der Waals surface area contributed by atoms with Crippen LogP contribution in [0.25, 0.3) is 0 Å². The average Bonchev–Trinajstić information content (AvgIpc) is 0.722. The third-order valence-corrected chi connectivity index (χ3v) is 0. The molecule has 0 heterocycles. The van der Waals surface area contributed by atoms with E-state index in [0.29, 0.717) is 4.28 Å². The Morgan fingerprint density at radius 1 is 1.17 bits per heavy atom. The first-order chi connectivity index (χ1) is 2.00. The fourth-order valence-electron chi connectivity index (χ4n) is 0. The summed E-state index contributed by atoms with van der Waals surface area (Å²) < 4.78 is 0.639. The molecule has 0 bridgehead atoms. The van der Waals surface area contributed by atoms with Crippen LogP contribution in [-0.4, -0.2) is 35.2 Å². The van der Waals surface area contributed by atoms with Crippen LogP contribution in [0.3, 0.4) is 0 Å². The fraction of sp³-hybridized carbons (Fsp3) is 1.00. The van der Waals surface area contributed by atoms with Crippen LogP contribution in [0.15, 0.2) is 0 Å². The summed E-state index contributed by atoms with van der Waals surface area (Å²) in [5.41, 5.74) is 0. The molecule has 0 aliphatic carbocycles. The van der Waals surface area contributed by atoms with Crippen LogP contribution in [0.4, 0.5) is 0 Å². The van der Waals surface area contributed by atoms with Gasteiger partial charge >= 0.3 is 18.9 Å². The molecule has 6 heavy (non-hydrogen) atoms. The van der Waals surface area contributed by atoms with Gasteiger partial charge in [-0.15, -0.1) is 0 Å². The maximum absolute atomic E-state index is 2.25. The van der Waals surface area contributed by atoms with Crippen molar-refractivity contribution in [3.8, 4) is 0 Å². The molecule has 0 unspecified atom stereocenters. The molecule has 0 rings (SSSR count). The number of rotatable bonds is 0. The van der Waals surface area contributed by atoms with Crippen molar-refractivity contribution in [2.45, 2.75) is 25.0 Å². The second-order valence-electron chi connectivity index (χ2n) is 3.00. The second kappa shape index (κ2) is 3.17. The first-order valence-corrected chi connectivity index (χ1v) is 3.00. The van der Waals surface area contributed by atoms with Gasteiger partial charge in [-0.05, 0) is 0 Å². The normalized spacial score (nSPS) is 9.83. The van der Waals surface area contributed by atoms with Gasteiger partial charge in [0, 0.05) is 0 Å². The Balaban J connectivity index is 0. The third kappa shape index (κ3) is 68.5. The molecule has 0 atom stereocenters. The van der Waals surface area contributed by atoms with Gasteiger partial charge in [0.25, 0.3) is 0 Å². The summed E-state index contributed by atoms with van der Waals surface area (Å²) in [7, 11) is 0. The molecular weight excluding hydrogens is 82.0 g/mol. The van der Waals surface area contributed by atoms with E-state index < -0.39 is 0 Å². The summed E-state index contributed by atoms with van der Waals surface area (Å²) in [6, 6.07) is 0. The van der Waals surface area contributed by atoms with Crippen LogP contribution < -0.4 is 0 Å². The molecule has 0 nitrogen and oxygen atoms in total. The van der Waals surface area contributed by atoms with Gasteiger partial charge < -0.3 is 0 Å². The summed E-state index contributed by atoms with van der Waals surface area (Å²) in [4.78, 5) is 0. The molecule has 0 saturated carbocycles. The van der Waals surface area contributed by atoms with E-state index >= 15 is 0 Å². The summed E-state index contributed by atoms with van der Waals surface area (Å²) in [5, 5.41) is 0. The topological polar surface area (TPSA) is 0 Å². The van der Waals surface area contributed by atoms with Crippen molar-refractivity contribution in [2.24, 2.45) is 0 Å². The van der Waals surface area contributed by atoms with Crippen LogP contribution in [0, 0.1) is 0 Å². The summed E-state index contributed by atoms with van der Waals surface area (Å²) in [5.74, 6) is 0. The van der Waals surface area contributed by atoms with E-state index in [2.05, 4.69) is 20.8 Å². The van der Waals surface area contributed by atoms with Gasteiger partial charge in [-0.2, -0.15) is 0 Å². The van der Waals surface area contributed by atoms with Crippen molar-refractivity contribution >= 4 is 35.2 Å². The van der Waals surface area contributed by atoms with Crippen molar-refractivity contribution < 1.29 is 0 Å². The summed E-state index contributed by atoms with van der Waals surface area (Å²) in [6.07, 6.45) is 0. The van der Waals surface area contributed by atoms with Gasteiger partial charge in [-0.1, -0.05) is 25.0 Å². The predicted molar refractivity (Wildman–Crippen MR) is 35.4 cm³/mol. The zero-order valence-corrected chi connectivity index (χ0v) is 6.50. The Hall–Kier alpha value is 1.13. The van der Waals surface area contributed by atoms with Gasteiger partial charge in [-0.3, -0.25) is 0 Å². The average molecular weight is 94.1 g/mol. The van der Waals surface area contributed by atoms with Gasteiger partial charge in [0.1, 0.15) is 0 Å². The first kappa shape index (κ1) is 10.2. The van der Waals surface area contributed by atoms with Gasteiger partial charge in [0.15, 0.2) is 0 Å². The van der Waals surface area contributed by atoms with E-state index in [1.165, 1.54) is 16.3 Å². The van der Waals surface area contributed by atoms with Crippen molar-refractivity contribution in [1.82, 2.24) is 0 Å². The Bertz CT molecular complexity index is 23.0. The monoisotopic (exact) mass is 94.1 g/mol. The predicted octanol–water partition coefficient (Wildman–Crippen LogP) is 0.189. The van der Waals surface area contributed by atoms with E-state index in [1.807, 2.05) is 0 Å². The van der Waals surface area contributed by atoms with Gasteiger partial charge in [0.05, 0.1) is 0 Å². The first-order valence-electron chi connectivity index (χ1n) is 2.00. The number of hydrogen-bond acceptors (Lipinski definition) is 0. The van der Waals surface area contributed by atoms with Gasteiger partial charge in [-0.25, -0.2) is 0 Å². The zero-order chi connectivity index (χ0) is 4.50. The Morgan fingerprint density at radius 3 is 1.17 bits per heavy atom. The van der Waals surface area contributed by atoms with Gasteiger partial charge in [0.2, 0.25) is 16.3 Å². The summed E-state index contributed by atoms with van der Waals surface area (Å²) in [6.45, 7) is 6.75. The molecule has 2 heteroatoms. The SMILES string of the molecule is C[C](C)(C)[AlH2].[LiH]. The van der Waals surface area contributed by atoms with Crippen LogP contribution >= 0.6 is 0 Å². The quantitative estimate of drug-likeness (QED) is 0.376. The number of hydrogen-bond donors (Lipinski definition) is 0. The standard InChI is InChI=1S/C4H9.Al.Li.3H/c1-4(2)3;;;;;/h1-3H3;;;;;. The maximum atomic E-state index is 2.25. The molecule has 32 valence electrons. The molecule has 0 amide bonds. The third-order valence-electron chi connectivity index (χ3n) is 0. The van der Waals surface area contributed by atoms with E-state index in [4.69, 9.17) is 0 Å². The molecule has 0 fully saturated rings. The van der Waals surface area contributed by atoms with E-state index in [0.717, 1.165) is 0 Å². The molecule has 0 radical (unpaired) electrons.